The van der Waals surface area contributed by atoms with Gasteiger partial charge in [0.15, 0.2) is 0 Å². The summed E-state index contributed by atoms with van der Waals surface area (Å²) in [4.78, 5) is 25.2. The average molecular weight is 406 g/mol. The molecule has 0 spiro atoms. The van der Waals surface area contributed by atoms with Crippen molar-refractivity contribution in [3.8, 4) is 16.9 Å². The maximum atomic E-state index is 12.7. The lowest BCUT2D eigenvalue weighted by Gasteiger charge is -2.09. The van der Waals surface area contributed by atoms with Gasteiger partial charge in [0.05, 0.1) is 7.11 Å². The van der Waals surface area contributed by atoms with Gasteiger partial charge in [-0.25, -0.2) is 9.59 Å². The second kappa shape index (κ2) is 7.93. The van der Waals surface area contributed by atoms with Crippen LogP contribution >= 0.6 is 11.3 Å². The van der Waals surface area contributed by atoms with Crippen LogP contribution in [0.1, 0.15) is 20.8 Å². The Balaban J connectivity index is 1.59. The maximum absolute atomic E-state index is 12.7. The van der Waals surface area contributed by atoms with Crippen LogP contribution in [0.4, 0.5) is 0 Å². The smallest absolute Gasteiger partial charge is 0.349 e. The van der Waals surface area contributed by atoms with Crippen LogP contribution in [-0.2, 0) is 11.3 Å². The second-order valence-electron chi connectivity index (χ2n) is 6.56. The molecule has 0 unspecified atom stereocenters. The fraction of sp³-hybridized carbons (Fsp3) is 0.130. The number of carbonyl (C=O) groups excluding carboxylic acids is 1. The highest BCUT2D eigenvalue weighted by Crippen LogP contribution is 2.30. The number of carbonyl (C=O) groups is 1. The van der Waals surface area contributed by atoms with Gasteiger partial charge in [0.2, 0.25) is 0 Å². The molecule has 29 heavy (non-hydrogen) atoms. The van der Waals surface area contributed by atoms with Gasteiger partial charge in [-0.2, -0.15) is 0 Å². The molecule has 0 aliphatic carbocycles. The van der Waals surface area contributed by atoms with Gasteiger partial charge in [-0.15, -0.1) is 11.3 Å². The predicted molar refractivity (Wildman–Crippen MR) is 113 cm³/mol. The highest BCUT2D eigenvalue weighted by atomic mass is 32.1. The summed E-state index contributed by atoms with van der Waals surface area (Å²) < 4.78 is 15.9. The summed E-state index contributed by atoms with van der Waals surface area (Å²) in [5.41, 5.74) is 3.41. The molecule has 2 aromatic heterocycles. The molecular weight excluding hydrogens is 388 g/mol. The minimum absolute atomic E-state index is 0.0293. The van der Waals surface area contributed by atoms with Gasteiger partial charge < -0.3 is 13.9 Å². The van der Waals surface area contributed by atoms with Crippen LogP contribution < -0.4 is 10.4 Å². The molecule has 4 rings (SSSR count). The molecule has 0 amide bonds. The van der Waals surface area contributed by atoms with E-state index in [1.54, 1.807) is 18.2 Å². The van der Waals surface area contributed by atoms with E-state index in [1.165, 1.54) is 24.5 Å². The van der Waals surface area contributed by atoms with Crippen LogP contribution in [0.3, 0.4) is 0 Å². The molecule has 146 valence electrons. The molecule has 0 bridgehead atoms. The molecule has 4 aromatic rings. The molecule has 0 fully saturated rings. The summed E-state index contributed by atoms with van der Waals surface area (Å²) in [6.07, 6.45) is 0. The van der Waals surface area contributed by atoms with Crippen LogP contribution in [0.5, 0.6) is 5.75 Å². The molecule has 2 aromatic carbocycles. The first kappa shape index (κ1) is 19.0. The molecule has 0 radical (unpaired) electrons. The first-order valence-corrected chi connectivity index (χ1v) is 9.85. The van der Waals surface area contributed by atoms with E-state index >= 15 is 0 Å². The molecular formula is C23H18O5S. The highest BCUT2D eigenvalue weighted by molar-refractivity contribution is 7.12. The zero-order valence-electron chi connectivity index (χ0n) is 15.9. The third kappa shape index (κ3) is 3.93. The van der Waals surface area contributed by atoms with E-state index in [1.807, 2.05) is 42.6 Å². The summed E-state index contributed by atoms with van der Waals surface area (Å²) in [6, 6.07) is 16.4. The average Bonchev–Trinajstić information content (AvgIpc) is 3.21. The summed E-state index contributed by atoms with van der Waals surface area (Å²) in [6.45, 7) is 1.99. The molecule has 0 aliphatic rings. The molecule has 0 N–H and O–H groups in total. The zero-order chi connectivity index (χ0) is 20.4. The third-order valence-electron chi connectivity index (χ3n) is 4.61. The molecule has 0 aliphatic heterocycles. The van der Waals surface area contributed by atoms with Crippen LogP contribution in [0.15, 0.2) is 69.2 Å². The van der Waals surface area contributed by atoms with Crippen LogP contribution in [-0.4, -0.2) is 13.1 Å². The Hall–Kier alpha value is -3.38. The number of esters is 1. The van der Waals surface area contributed by atoms with E-state index in [9.17, 15) is 9.59 Å². The molecule has 2 heterocycles. The lowest BCUT2D eigenvalue weighted by atomic mass is 10.1. The van der Waals surface area contributed by atoms with E-state index in [-0.39, 0.29) is 6.61 Å². The van der Waals surface area contributed by atoms with E-state index in [4.69, 9.17) is 13.9 Å². The number of methoxy groups -OCH3 is 1. The monoisotopic (exact) mass is 406 g/mol. The standard InChI is InChI=1S/C23H18O5S/c1-14-3-5-15(6-4-14)19-9-10-29-22(19)23(25)27-13-16-11-21(24)28-20-12-17(26-2)7-8-18(16)20/h3-12H,13H2,1-2H3. The fourth-order valence-electron chi connectivity index (χ4n) is 3.09. The Labute approximate surface area is 171 Å². The van der Waals surface area contributed by atoms with Gasteiger partial charge >= 0.3 is 11.6 Å². The summed E-state index contributed by atoms with van der Waals surface area (Å²) >= 11 is 1.33. The molecule has 0 atom stereocenters. The highest BCUT2D eigenvalue weighted by Gasteiger charge is 2.17. The van der Waals surface area contributed by atoms with Crippen molar-refractivity contribution in [2.45, 2.75) is 13.5 Å². The molecule has 5 nitrogen and oxygen atoms in total. The van der Waals surface area contributed by atoms with Gasteiger partial charge in [0, 0.05) is 28.6 Å². The van der Waals surface area contributed by atoms with E-state index in [2.05, 4.69) is 0 Å². The van der Waals surface area contributed by atoms with Gasteiger partial charge in [-0.1, -0.05) is 29.8 Å². The van der Waals surface area contributed by atoms with Crippen LogP contribution in [0.25, 0.3) is 22.1 Å². The first-order chi connectivity index (χ1) is 14.0. The number of thiophene rings is 1. The number of ether oxygens (including phenoxy) is 2. The van der Waals surface area contributed by atoms with E-state index in [0.29, 0.717) is 27.2 Å². The fourth-order valence-corrected chi connectivity index (χ4v) is 3.90. The number of rotatable bonds is 5. The van der Waals surface area contributed by atoms with Crippen molar-refractivity contribution in [2.75, 3.05) is 7.11 Å². The lowest BCUT2D eigenvalue weighted by Crippen LogP contribution is -2.07. The number of hydrogen-bond acceptors (Lipinski definition) is 6. The van der Waals surface area contributed by atoms with Crippen LogP contribution in [0, 0.1) is 6.92 Å². The summed E-state index contributed by atoms with van der Waals surface area (Å²) in [7, 11) is 1.54. The first-order valence-electron chi connectivity index (χ1n) is 8.97. The zero-order valence-corrected chi connectivity index (χ0v) is 16.7. The summed E-state index contributed by atoms with van der Waals surface area (Å²) in [5, 5.41) is 2.56. The van der Waals surface area contributed by atoms with Crippen molar-refractivity contribution in [2.24, 2.45) is 0 Å². The van der Waals surface area contributed by atoms with Gasteiger partial charge in [0.1, 0.15) is 22.8 Å². The molecule has 0 saturated carbocycles. The van der Waals surface area contributed by atoms with Crippen molar-refractivity contribution in [1.29, 1.82) is 0 Å². The Morgan fingerprint density at radius 3 is 2.62 bits per heavy atom. The normalized spacial score (nSPS) is 10.8. The van der Waals surface area contributed by atoms with Gasteiger partial charge in [0.25, 0.3) is 0 Å². The minimum Gasteiger partial charge on any atom is -0.497 e. The van der Waals surface area contributed by atoms with Crippen molar-refractivity contribution in [1.82, 2.24) is 0 Å². The number of aryl methyl sites for hydroxylation is 1. The van der Waals surface area contributed by atoms with Crippen molar-refractivity contribution >= 4 is 28.3 Å². The van der Waals surface area contributed by atoms with E-state index < -0.39 is 11.6 Å². The summed E-state index contributed by atoms with van der Waals surface area (Å²) in [5.74, 6) is 0.154. The van der Waals surface area contributed by atoms with Crippen LogP contribution in [0.2, 0.25) is 0 Å². The van der Waals surface area contributed by atoms with Gasteiger partial charge in [-0.3, -0.25) is 0 Å². The van der Waals surface area contributed by atoms with Crippen molar-refractivity contribution in [3.05, 3.63) is 86.4 Å². The predicted octanol–water partition coefficient (Wildman–Crippen LogP) is 5.20. The Kier molecular flexibility index (Phi) is 5.18. The van der Waals surface area contributed by atoms with Crippen molar-refractivity contribution < 1.29 is 18.7 Å². The SMILES string of the molecule is COc1ccc2c(COC(=O)c3sccc3-c3ccc(C)cc3)cc(=O)oc2c1. The maximum Gasteiger partial charge on any atom is 0.349 e. The van der Waals surface area contributed by atoms with Gasteiger partial charge in [-0.05, 0) is 36.1 Å². The minimum atomic E-state index is -0.506. The quantitative estimate of drug-likeness (QED) is 0.337. The lowest BCUT2D eigenvalue weighted by molar-refractivity contribution is 0.0480. The number of fused-ring (bicyclic) bond motifs is 1. The molecule has 0 saturated heterocycles. The third-order valence-corrected chi connectivity index (χ3v) is 5.50. The largest absolute Gasteiger partial charge is 0.497 e. The molecule has 6 heteroatoms. The number of benzene rings is 2. The van der Waals surface area contributed by atoms with Crippen molar-refractivity contribution in [3.63, 3.8) is 0 Å². The Bertz CT molecular complexity index is 1230. The second-order valence-corrected chi connectivity index (χ2v) is 7.47. The topological polar surface area (TPSA) is 65.7 Å². The Morgan fingerprint density at radius 2 is 1.86 bits per heavy atom. The van der Waals surface area contributed by atoms with E-state index in [0.717, 1.165) is 16.7 Å². The number of hydrogen-bond donors (Lipinski definition) is 0. The Morgan fingerprint density at radius 1 is 1.07 bits per heavy atom.